The molecule has 0 radical (unpaired) electrons. The van der Waals surface area contributed by atoms with Crippen LogP contribution in [0.5, 0.6) is 0 Å². The fraction of sp³-hybridized carbons (Fsp3) is 0.818. The zero-order chi connectivity index (χ0) is 12.6. The molecular weight excluding hydrogens is 205 g/mol. The van der Waals surface area contributed by atoms with E-state index < -0.39 is 7.12 Å². The zero-order valence-electron chi connectivity index (χ0n) is 10.3. The summed E-state index contributed by atoms with van der Waals surface area (Å²) in [7, 11) is -1.24. The van der Waals surface area contributed by atoms with Crippen molar-refractivity contribution in [1.29, 1.82) is 0 Å². The zero-order valence-corrected chi connectivity index (χ0v) is 10.3. The Balaban J connectivity index is 4.04. The maximum Gasteiger partial charge on any atom is 0.451 e. The molecule has 0 aliphatic carbocycles. The van der Waals surface area contributed by atoms with Gasteiger partial charge in [-0.05, 0) is 25.7 Å². The van der Waals surface area contributed by atoms with E-state index in [0.717, 1.165) is 25.8 Å². The molecule has 0 saturated carbocycles. The number of nitrogens with one attached hydrogen (secondary N) is 1. The molecule has 0 bridgehead atoms. The van der Waals surface area contributed by atoms with Gasteiger partial charge in [-0.3, -0.25) is 0 Å². The van der Waals surface area contributed by atoms with Gasteiger partial charge in [-0.15, -0.1) is 0 Å². The van der Waals surface area contributed by atoms with Crippen molar-refractivity contribution in [2.75, 3.05) is 6.54 Å². The summed E-state index contributed by atoms with van der Waals surface area (Å²) in [6.45, 7) is 8.44. The minimum absolute atomic E-state index is 0.0117. The summed E-state index contributed by atoms with van der Waals surface area (Å²) in [4.78, 5) is 0. The van der Waals surface area contributed by atoms with Gasteiger partial charge in [-0.2, -0.15) is 0 Å². The Morgan fingerprint density at radius 3 is 2.50 bits per heavy atom. The molecule has 0 aromatic carbocycles. The maximum absolute atomic E-state index is 9.37. The van der Waals surface area contributed by atoms with Gasteiger partial charge in [-0.25, -0.2) is 0 Å². The Morgan fingerprint density at radius 1 is 1.44 bits per heavy atom. The highest BCUT2D eigenvalue weighted by Crippen LogP contribution is 2.16. The van der Waals surface area contributed by atoms with Crippen LogP contribution in [0, 0.1) is 5.92 Å². The van der Waals surface area contributed by atoms with Crippen LogP contribution in [0.25, 0.3) is 0 Å². The lowest BCUT2D eigenvalue weighted by Crippen LogP contribution is -2.36. The van der Waals surface area contributed by atoms with Crippen molar-refractivity contribution in [3.8, 4) is 0 Å². The van der Waals surface area contributed by atoms with Gasteiger partial charge in [0.1, 0.15) is 0 Å². The Morgan fingerprint density at radius 2 is 2.06 bits per heavy atom. The van der Waals surface area contributed by atoms with Crippen molar-refractivity contribution in [2.45, 2.75) is 45.5 Å². The molecule has 0 aromatic heterocycles. The molecule has 0 aliphatic rings. The summed E-state index contributed by atoms with van der Waals surface area (Å²) in [5.74, 6) is 0.167. The standard InChI is InChI=1S/C11H24BNO3/c1-4-8-13-11(9(2)10(3)14)6-5-7-12(15)16/h9,11,13-16H,3-8H2,1-2H3. The van der Waals surface area contributed by atoms with Crippen LogP contribution in [0.1, 0.15) is 33.1 Å². The predicted octanol–water partition coefficient (Wildman–Crippen LogP) is 1.32. The van der Waals surface area contributed by atoms with Gasteiger partial charge in [0.15, 0.2) is 0 Å². The summed E-state index contributed by atoms with van der Waals surface area (Å²) < 4.78 is 0. The van der Waals surface area contributed by atoms with Crippen molar-refractivity contribution in [3.63, 3.8) is 0 Å². The SMILES string of the molecule is C=C(O)C(C)C(CCCB(O)O)NCCC. The molecule has 16 heavy (non-hydrogen) atoms. The number of hydrogen-bond donors (Lipinski definition) is 4. The van der Waals surface area contributed by atoms with Crippen LogP contribution in [0.2, 0.25) is 6.32 Å². The fourth-order valence-corrected chi connectivity index (χ4v) is 1.61. The Hall–Kier alpha value is -0.515. The molecule has 5 heteroatoms. The van der Waals surface area contributed by atoms with Gasteiger partial charge >= 0.3 is 7.12 Å². The van der Waals surface area contributed by atoms with Crippen molar-refractivity contribution in [2.24, 2.45) is 5.92 Å². The van der Waals surface area contributed by atoms with Gasteiger partial charge in [-0.1, -0.05) is 26.8 Å². The third kappa shape index (κ3) is 6.88. The van der Waals surface area contributed by atoms with E-state index in [0.29, 0.717) is 6.32 Å². The van der Waals surface area contributed by atoms with Crippen molar-refractivity contribution >= 4 is 7.12 Å². The lowest BCUT2D eigenvalue weighted by Gasteiger charge is -2.24. The highest BCUT2D eigenvalue weighted by molar-refractivity contribution is 6.40. The molecule has 0 saturated heterocycles. The number of aliphatic hydroxyl groups is 1. The molecule has 2 unspecified atom stereocenters. The predicted molar refractivity (Wildman–Crippen MR) is 67.2 cm³/mol. The van der Waals surface area contributed by atoms with E-state index in [1.807, 2.05) is 6.92 Å². The topological polar surface area (TPSA) is 72.7 Å². The average molecular weight is 229 g/mol. The van der Waals surface area contributed by atoms with Gasteiger partial charge in [0, 0.05) is 12.0 Å². The number of aliphatic hydroxyl groups excluding tert-OH is 1. The summed E-state index contributed by atoms with van der Waals surface area (Å²) >= 11 is 0. The summed E-state index contributed by atoms with van der Waals surface area (Å²) in [5, 5.41) is 30.2. The van der Waals surface area contributed by atoms with Crippen molar-refractivity contribution in [1.82, 2.24) is 5.32 Å². The molecule has 0 spiro atoms. The molecule has 94 valence electrons. The van der Waals surface area contributed by atoms with Crippen molar-refractivity contribution in [3.05, 3.63) is 12.3 Å². The lowest BCUT2D eigenvalue weighted by molar-refractivity contribution is 0.280. The summed E-state index contributed by atoms with van der Waals surface area (Å²) in [5.41, 5.74) is 0. The quantitative estimate of drug-likeness (QED) is 0.355. The molecule has 4 N–H and O–H groups in total. The molecule has 0 aliphatic heterocycles. The highest BCUT2D eigenvalue weighted by Gasteiger charge is 2.19. The first-order valence-corrected chi connectivity index (χ1v) is 5.96. The van der Waals surface area contributed by atoms with Gasteiger partial charge in [0.2, 0.25) is 0 Å². The first-order valence-electron chi connectivity index (χ1n) is 5.96. The number of rotatable bonds is 9. The Labute approximate surface area is 98.5 Å². The van der Waals surface area contributed by atoms with Crippen LogP contribution in [0.15, 0.2) is 12.3 Å². The first-order chi connectivity index (χ1) is 7.49. The summed E-state index contributed by atoms with van der Waals surface area (Å²) in [6.07, 6.45) is 2.92. The third-order valence-electron chi connectivity index (χ3n) is 2.76. The molecule has 0 heterocycles. The smallest absolute Gasteiger partial charge is 0.451 e. The van der Waals surface area contributed by atoms with Crippen LogP contribution >= 0.6 is 0 Å². The minimum Gasteiger partial charge on any atom is -0.513 e. The maximum atomic E-state index is 9.37. The van der Waals surface area contributed by atoms with Gasteiger partial charge < -0.3 is 20.5 Å². The van der Waals surface area contributed by atoms with E-state index >= 15 is 0 Å². The molecular formula is C11H24BNO3. The Bertz CT molecular complexity index is 200. The molecule has 0 fully saturated rings. The highest BCUT2D eigenvalue weighted by atomic mass is 16.4. The van der Waals surface area contributed by atoms with E-state index in [-0.39, 0.29) is 17.7 Å². The Kier molecular flexibility index (Phi) is 8.34. The lowest BCUT2D eigenvalue weighted by atomic mass is 9.82. The molecule has 2 atom stereocenters. The monoisotopic (exact) mass is 229 g/mol. The first kappa shape index (κ1) is 15.5. The van der Waals surface area contributed by atoms with Crippen molar-refractivity contribution < 1.29 is 15.2 Å². The van der Waals surface area contributed by atoms with Crippen LogP contribution in [0.4, 0.5) is 0 Å². The molecule has 0 rings (SSSR count). The number of hydrogen-bond acceptors (Lipinski definition) is 4. The summed E-state index contributed by atoms with van der Waals surface area (Å²) in [6, 6.07) is 0.149. The van der Waals surface area contributed by atoms with E-state index in [4.69, 9.17) is 10.0 Å². The van der Waals surface area contributed by atoms with E-state index in [9.17, 15) is 5.11 Å². The van der Waals surface area contributed by atoms with Crippen LogP contribution < -0.4 is 5.32 Å². The largest absolute Gasteiger partial charge is 0.513 e. The van der Waals surface area contributed by atoms with E-state index in [1.54, 1.807) is 0 Å². The second kappa shape index (κ2) is 8.62. The molecule has 4 nitrogen and oxygen atoms in total. The van der Waals surface area contributed by atoms with Crippen LogP contribution in [0.3, 0.4) is 0 Å². The van der Waals surface area contributed by atoms with Gasteiger partial charge in [0.05, 0.1) is 5.76 Å². The van der Waals surface area contributed by atoms with Crippen LogP contribution in [-0.2, 0) is 0 Å². The second-order valence-corrected chi connectivity index (χ2v) is 4.25. The normalized spacial score (nSPS) is 14.5. The molecule has 0 aromatic rings. The second-order valence-electron chi connectivity index (χ2n) is 4.25. The van der Waals surface area contributed by atoms with E-state index in [2.05, 4.69) is 18.8 Å². The fourth-order valence-electron chi connectivity index (χ4n) is 1.61. The minimum atomic E-state index is -1.24. The van der Waals surface area contributed by atoms with Crippen LogP contribution in [-0.4, -0.2) is 34.9 Å². The van der Waals surface area contributed by atoms with E-state index in [1.165, 1.54) is 0 Å². The third-order valence-corrected chi connectivity index (χ3v) is 2.76. The molecule has 0 amide bonds. The van der Waals surface area contributed by atoms with Gasteiger partial charge in [0.25, 0.3) is 0 Å². The average Bonchev–Trinajstić information content (AvgIpc) is 2.21.